The monoisotopic (exact) mass is 701 g/mol. The summed E-state index contributed by atoms with van der Waals surface area (Å²) in [5.41, 5.74) is 0.787. The number of morpholine rings is 1. The molecule has 2 amide bonds. The summed E-state index contributed by atoms with van der Waals surface area (Å²) in [6.07, 6.45) is 9.82. The molecule has 2 heterocycles. The topological polar surface area (TPSA) is 95.6 Å². The van der Waals surface area contributed by atoms with E-state index in [-0.39, 0.29) is 58.8 Å². The molecule has 7 fully saturated rings. The van der Waals surface area contributed by atoms with E-state index in [0.29, 0.717) is 54.2 Å². The summed E-state index contributed by atoms with van der Waals surface area (Å²) < 4.78 is 31.7. The van der Waals surface area contributed by atoms with Gasteiger partial charge in [0.15, 0.2) is 6.29 Å². The summed E-state index contributed by atoms with van der Waals surface area (Å²) in [4.78, 5) is 26.9. The van der Waals surface area contributed by atoms with Crippen LogP contribution in [0, 0.1) is 56.7 Å². The Morgan fingerprint density at radius 2 is 1.66 bits per heavy atom. The molecule has 284 valence electrons. The minimum Gasteiger partial charge on any atom is -0.444 e. The Balaban J connectivity index is 1.06. The third-order valence-corrected chi connectivity index (χ3v) is 16.1. The molecule has 0 aromatic carbocycles. The van der Waals surface area contributed by atoms with Crippen molar-refractivity contribution in [2.75, 3.05) is 26.7 Å². The van der Waals surface area contributed by atoms with Crippen LogP contribution in [0.2, 0.25) is 0 Å². The predicted molar refractivity (Wildman–Crippen MR) is 191 cm³/mol. The van der Waals surface area contributed by atoms with Crippen LogP contribution in [0.5, 0.6) is 0 Å². The summed E-state index contributed by atoms with van der Waals surface area (Å²) in [7, 11) is 1.63. The van der Waals surface area contributed by atoms with Gasteiger partial charge in [0.25, 0.3) is 0 Å². The molecule has 9 heteroatoms. The van der Waals surface area contributed by atoms with Crippen LogP contribution in [0.3, 0.4) is 0 Å². The summed E-state index contributed by atoms with van der Waals surface area (Å²) in [6, 6.07) is 0. The molecule has 2 saturated heterocycles. The zero-order valence-corrected chi connectivity index (χ0v) is 33.1. The minimum absolute atomic E-state index is 0.0249. The van der Waals surface area contributed by atoms with Crippen LogP contribution in [0.15, 0.2) is 0 Å². The van der Waals surface area contributed by atoms with Crippen molar-refractivity contribution in [3.05, 3.63) is 0 Å². The van der Waals surface area contributed by atoms with E-state index in [2.05, 4.69) is 53.8 Å². The normalized spacial score (nSPS) is 46.8. The molecule has 9 nitrogen and oxygen atoms in total. The predicted octanol–water partition coefficient (Wildman–Crippen LogP) is 8.19. The van der Waals surface area contributed by atoms with Crippen LogP contribution >= 0.6 is 0 Å². The number of rotatable bonds is 5. The lowest BCUT2D eigenvalue weighted by molar-refractivity contribution is -0.245. The Kier molecular flexibility index (Phi) is 8.99. The SMILES string of the molecule is CNC(=O)O[C@H](C(C)C)C1C[C@@H](C)[C@H]2C(C[C@@]3(C)C4CCC5C(C)(C)[C@@H](OC6CN(C(=O)OC(C)(C)C)CCO6)CC[C@@]56C[C@@]46CC[C@]23C)O1. The molecule has 0 radical (unpaired) electrons. The van der Waals surface area contributed by atoms with Crippen molar-refractivity contribution >= 4 is 12.2 Å². The molecule has 5 saturated carbocycles. The second-order valence-corrected chi connectivity index (χ2v) is 20.2. The molecular weight excluding hydrogens is 632 g/mol. The number of alkyl carbamates (subject to hydrolysis) is 1. The van der Waals surface area contributed by atoms with Gasteiger partial charge in [-0.25, -0.2) is 9.59 Å². The van der Waals surface area contributed by atoms with Gasteiger partial charge in [-0.3, -0.25) is 0 Å². The molecule has 5 aliphatic carbocycles. The molecule has 1 N–H and O–H groups in total. The molecule has 2 spiro atoms. The number of fused-ring (bicyclic) bond motifs is 4. The summed E-state index contributed by atoms with van der Waals surface area (Å²) in [5, 5.41) is 2.65. The quantitative estimate of drug-likeness (QED) is 0.309. The molecule has 50 heavy (non-hydrogen) atoms. The van der Waals surface area contributed by atoms with Gasteiger partial charge in [0.05, 0.1) is 31.5 Å². The highest BCUT2D eigenvalue weighted by atomic mass is 16.7. The largest absolute Gasteiger partial charge is 0.444 e. The second kappa shape index (κ2) is 12.2. The molecule has 13 atom stereocenters. The number of hydrogen-bond donors (Lipinski definition) is 1. The minimum atomic E-state index is -0.526. The van der Waals surface area contributed by atoms with Gasteiger partial charge in [0, 0.05) is 13.6 Å². The standard InChI is InChI=1S/C41H68N2O7/c1-24(2)33(49-34(44)42-11)26-20-25(3)32-27(47-26)21-39(10)29-13-12-28-37(7,8)30(14-15-40(28)23-41(29,40)17-16-38(32,39)9)48-31-22-43(18-19-46-31)35(45)50-36(4,5)6/h24-33H,12-23H2,1-11H3,(H,42,44)/t25-,26?,27?,28?,29?,30+,31?,32+,33-,38-,39+,40-,41+/m1/s1. The van der Waals surface area contributed by atoms with E-state index in [1.54, 1.807) is 11.9 Å². The van der Waals surface area contributed by atoms with E-state index in [4.69, 9.17) is 23.7 Å². The Morgan fingerprint density at radius 1 is 0.960 bits per heavy atom. The van der Waals surface area contributed by atoms with Gasteiger partial charge >= 0.3 is 12.2 Å². The van der Waals surface area contributed by atoms with Crippen molar-refractivity contribution in [2.45, 2.75) is 163 Å². The average Bonchev–Trinajstić information content (AvgIpc) is 3.63. The molecular formula is C41H68N2O7. The number of carbonyl (C=O) groups is 2. The van der Waals surface area contributed by atoms with Crippen LogP contribution in [0.25, 0.3) is 0 Å². The van der Waals surface area contributed by atoms with Crippen molar-refractivity contribution in [3.63, 3.8) is 0 Å². The fourth-order valence-electron chi connectivity index (χ4n) is 14.0. The highest BCUT2D eigenvalue weighted by Crippen LogP contribution is 2.89. The first-order valence-electron chi connectivity index (χ1n) is 20.1. The Labute approximate surface area is 301 Å². The lowest BCUT2D eigenvalue weighted by atomic mass is 9.41. The lowest BCUT2D eigenvalue weighted by Gasteiger charge is -2.63. The van der Waals surface area contributed by atoms with Crippen LogP contribution in [0.4, 0.5) is 9.59 Å². The molecule has 2 aliphatic heterocycles. The van der Waals surface area contributed by atoms with Crippen LogP contribution in [-0.4, -0.2) is 80.1 Å². The van der Waals surface area contributed by atoms with Crippen LogP contribution < -0.4 is 5.32 Å². The maximum atomic E-state index is 12.9. The molecule has 7 rings (SSSR count). The maximum absolute atomic E-state index is 12.9. The summed E-state index contributed by atoms with van der Waals surface area (Å²) in [5.74, 6) is 2.60. The van der Waals surface area contributed by atoms with E-state index in [1.165, 1.54) is 38.5 Å². The number of amides is 2. The maximum Gasteiger partial charge on any atom is 0.410 e. The average molecular weight is 701 g/mol. The van der Waals surface area contributed by atoms with E-state index in [0.717, 1.165) is 19.3 Å². The number of nitrogens with zero attached hydrogens (tertiary/aromatic N) is 1. The molecule has 0 bridgehead atoms. The molecule has 0 aromatic rings. The lowest BCUT2D eigenvalue weighted by Crippen LogP contribution is -2.59. The first kappa shape index (κ1) is 36.8. The van der Waals surface area contributed by atoms with Gasteiger partial charge in [0.2, 0.25) is 0 Å². The zero-order valence-electron chi connectivity index (χ0n) is 33.1. The van der Waals surface area contributed by atoms with Crippen molar-refractivity contribution in [1.82, 2.24) is 10.2 Å². The zero-order chi connectivity index (χ0) is 36.2. The van der Waals surface area contributed by atoms with E-state index >= 15 is 0 Å². The highest BCUT2D eigenvalue weighted by Gasteiger charge is 2.83. The number of ether oxygens (including phenoxy) is 5. The summed E-state index contributed by atoms with van der Waals surface area (Å²) >= 11 is 0. The summed E-state index contributed by atoms with van der Waals surface area (Å²) in [6.45, 7) is 24.1. The van der Waals surface area contributed by atoms with Gasteiger partial charge in [-0.2, -0.15) is 0 Å². The first-order valence-corrected chi connectivity index (χ1v) is 20.1. The Hall–Kier alpha value is -1.58. The number of hydrogen-bond acceptors (Lipinski definition) is 7. The van der Waals surface area contributed by atoms with E-state index in [1.807, 2.05) is 20.8 Å². The van der Waals surface area contributed by atoms with Crippen molar-refractivity contribution in [3.8, 4) is 0 Å². The van der Waals surface area contributed by atoms with Crippen LogP contribution in [-0.2, 0) is 23.7 Å². The third-order valence-electron chi connectivity index (χ3n) is 16.1. The van der Waals surface area contributed by atoms with E-state index < -0.39 is 11.9 Å². The Morgan fingerprint density at radius 3 is 2.34 bits per heavy atom. The van der Waals surface area contributed by atoms with Crippen molar-refractivity contribution < 1.29 is 33.3 Å². The van der Waals surface area contributed by atoms with Gasteiger partial charge in [-0.1, -0.05) is 48.5 Å². The first-order chi connectivity index (χ1) is 23.3. The second-order valence-electron chi connectivity index (χ2n) is 20.2. The van der Waals surface area contributed by atoms with Crippen molar-refractivity contribution in [1.29, 1.82) is 0 Å². The smallest absolute Gasteiger partial charge is 0.410 e. The van der Waals surface area contributed by atoms with Crippen molar-refractivity contribution in [2.24, 2.45) is 56.7 Å². The number of nitrogens with one attached hydrogen (secondary N) is 1. The molecule has 7 aliphatic rings. The molecule has 5 unspecified atom stereocenters. The fraction of sp³-hybridized carbons (Fsp3) is 0.951. The Bertz CT molecular complexity index is 1330. The third kappa shape index (κ3) is 5.46. The van der Waals surface area contributed by atoms with E-state index in [9.17, 15) is 9.59 Å². The van der Waals surface area contributed by atoms with Gasteiger partial charge < -0.3 is 33.9 Å². The van der Waals surface area contributed by atoms with Gasteiger partial charge in [-0.05, 0) is 135 Å². The van der Waals surface area contributed by atoms with Gasteiger partial charge in [-0.15, -0.1) is 0 Å². The highest BCUT2D eigenvalue weighted by molar-refractivity contribution is 5.68. The van der Waals surface area contributed by atoms with Gasteiger partial charge in [0.1, 0.15) is 11.7 Å². The fourth-order valence-corrected chi connectivity index (χ4v) is 14.0. The van der Waals surface area contributed by atoms with Crippen LogP contribution in [0.1, 0.15) is 127 Å². The number of carbonyl (C=O) groups excluding carboxylic acids is 2. The molecule has 0 aromatic heterocycles.